The van der Waals surface area contributed by atoms with Gasteiger partial charge >= 0.3 is 5.97 Å². The molecule has 0 aliphatic heterocycles. The van der Waals surface area contributed by atoms with Gasteiger partial charge in [-0.25, -0.2) is 4.79 Å². The molecule has 1 aliphatic rings. The van der Waals surface area contributed by atoms with Crippen molar-refractivity contribution in [1.82, 2.24) is 0 Å². The molecule has 6 aromatic carbocycles. The zero-order valence-electron chi connectivity index (χ0n) is 31.6. The molecule has 0 unspecified atom stereocenters. The molecule has 278 valence electrons. The highest BCUT2D eigenvalue weighted by Gasteiger charge is 2.28. The molecule has 8 aromatic rings. The maximum atomic E-state index is 14.0. The summed E-state index contributed by atoms with van der Waals surface area (Å²) in [7, 11) is 0. The Kier molecular flexibility index (Phi) is 9.50. The molecule has 0 amide bonds. The molecule has 7 heteroatoms. The van der Waals surface area contributed by atoms with Crippen LogP contribution < -0.4 is 4.90 Å². The number of aryl methyl sites for hydroxylation is 2. The third-order valence-electron chi connectivity index (χ3n) is 10.5. The lowest BCUT2D eigenvalue weighted by atomic mass is 10.0. The fourth-order valence-corrected chi connectivity index (χ4v) is 9.96. The van der Waals surface area contributed by atoms with E-state index >= 15 is 0 Å². The molecule has 9 rings (SSSR count). The summed E-state index contributed by atoms with van der Waals surface area (Å²) in [5.74, 6) is -1.21. The Labute approximate surface area is 344 Å². The molecule has 0 bridgehead atoms. The first-order valence-electron chi connectivity index (χ1n) is 18.8. The van der Waals surface area contributed by atoms with E-state index in [0.717, 1.165) is 76.2 Å². The van der Waals surface area contributed by atoms with Gasteiger partial charge in [-0.3, -0.25) is 4.79 Å². The number of nitrogens with zero attached hydrogens (tertiary/aromatic N) is 2. The summed E-state index contributed by atoms with van der Waals surface area (Å²) in [6.07, 6.45) is 1.37. The zero-order valence-corrected chi connectivity index (χ0v) is 33.2. The molecule has 5 nitrogen and oxygen atoms in total. The van der Waals surface area contributed by atoms with Crippen molar-refractivity contribution in [2.45, 2.75) is 13.8 Å². The van der Waals surface area contributed by atoms with Gasteiger partial charge in [0.2, 0.25) is 0 Å². The van der Waals surface area contributed by atoms with Gasteiger partial charge in [0.05, 0.1) is 0 Å². The van der Waals surface area contributed by atoms with Crippen molar-refractivity contribution in [2.75, 3.05) is 4.90 Å². The third-order valence-corrected chi connectivity index (χ3v) is 13.1. The quantitative estimate of drug-likeness (QED) is 0.116. The molecule has 0 spiro atoms. The fourth-order valence-electron chi connectivity index (χ4n) is 7.61. The van der Waals surface area contributed by atoms with Crippen LogP contribution in [0.5, 0.6) is 0 Å². The Morgan fingerprint density at radius 3 is 1.45 bits per heavy atom. The monoisotopic (exact) mass is 786 g/mol. The average molecular weight is 787 g/mol. The van der Waals surface area contributed by atoms with Gasteiger partial charge in [-0.15, -0.1) is 22.7 Å². The number of anilines is 3. The molecule has 2 aromatic heterocycles. The van der Waals surface area contributed by atoms with Crippen molar-refractivity contribution in [3.8, 4) is 59.0 Å². The number of carboxylic acids is 1. The van der Waals surface area contributed by atoms with Crippen LogP contribution in [-0.2, 0) is 4.79 Å². The van der Waals surface area contributed by atoms with E-state index < -0.39 is 5.97 Å². The second kappa shape index (κ2) is 15.1. The molecule has 0 saturated carbocycles. The van der Waals surface area contributed by atoms with E-state index in [1.54, 1.807) is 28.7 Å². The number of benzene rings is 6. The summed E-state index contributed by atoms with van der Waals surface area (Å²) >= 11 is 3.40. The standard InChI is InChI=1S/C51H34N2O3S2/c1-31-25-46(57-49(31)34-15-13-33(14-16-34)27-38(30-52)51(55)56)36-19-23-42-43-24-20-37(29-45(43)48(54)44(42)28-36)47-26-32(2)50(58-47)35-17-21-41(22-18-35)53(39-9-5-3-6-10-39)40-11-7-4-8-12-40/h3-29H,1-2H3,(H,55,56)/b38-27+. The lowest BCUT2D eigenvalue weighted by Gasteiger charge is -2.25. The molecule has 1 aliphatic carbocycles. The smallest absolute Gasteiger partial charge is 0.346 e. The summed E-state index contributed by atoms with van der Waals surface area (Å²) in [5.41, 5.74) is 13.4. The van der Waals surface area contributed by atoms with E-state index in [1.807, 2.05) is 42.5 Å². The van der Waals surface area contributed by atoms with Crippen molar-refractivity contribution in [1.29, 1.82) is 5.26 Å². The Morgan fingerprint density at radius 1 is 0.569 bits per heavy atom. The second-order valence-electron chi connectivity index (χ2n) is 14.2. The number of ketones is 1. The topological polar surface area (TPSA) is 81.4 Å². The molecule has 0 atom stereocenters. The van der Waals surface area contributed by atoms with Crippen LogP contribution in [0.3, 0.4) is 0 Å². The van der Waals surface area contributed by atoms with Crippen LogP contribution in [0.4, 0.5) is 17.1 Å². The maximum absolute atomic E-state index is 14.0. The molecule has 1 N–H and O–H groups in total. The van der Waals surface area contributed by atoms with E-state index in [0.29, 0.717) is 11.1 Å². The Morgan fingerprint density at radius 2 is 1.00 bits per heavy atom. The molecule has 58 heavy (non-hydrogen) atoms. The zero-order chi connectivity index (χ0) is 39.9. The number of hydrogen-bond acceptors (Lipinski definition) is 6. The number of para-hydroxylation sites is 2. The van der Waals surface area contributed by atoms with E-state index in [-0.39, 0.29) is 11.4 Å². The van der Waals surface area contributed by atoms with Crippen molar-refractivity contribution >= 4 is 57.6 Å². The first-order chi connectivity index (χ1) is 28.2. The highest BCUT2D eigenvalue weighted by molar-refractivity contribution is 7.19. The van der Waals surface area contributed by atoms with Crippen molar-refractivity contribution in [2.24, 2.45) is 0 Å². The first kappa shape index (κ1) is 36.5. The number of nitriles is 1. The van der Waals surface area contributed by atoms with Crippen molar-refractivity contribution < 1.29 is 14.7 Å². The first-order valence-corrected chi connectivity index (χ1v) is 20.4. The Hall–Kier alpha value is -7.11. The molecular weight excluding hydrogens is 753 g/mol. The summed E-state index contributed by atoms with van der Waals surface area (Å²) in [5, 5.41) is 18.3. The predicted octanol–water partition coefficient (Wildman–Crippen LogP) is 13.8. The van der Waals surface area contributed by atoms with Crippen LogP contribution in [0, 0.1) is 25.2 Å². The lowest BCUT2D eigenvalue weighted by Crippen LogP contribution is -2.09. The van der Waals surface area contributed by atoms with Gasteiger partial charge in [0.1, 0.15) is 11.6 Å². The molecule has 2 heterocycles. The van der Waals surface area contributed by atoms with Crippen molar-refractivity contribution in [3.63, 3.8) is 0 Å². The van der Waals surface area contributed by atoms with E-state index in [9.17, 15) is 14.7 Å². The molecule has 0 saturated heterocycles. The maximum Gasteiger partial charge on any atom is 0.346 e. The number of fused-ring (bicyclic) bond motifs is 3. The highest BCUT2D eigenvalue weighted by Crippen LogP contribution is 2.45. The minimum Gasteiger partial charge on any atom is -0.477 e. The van der Waals surface area contributed by atoms with Gasteiger partial charge in [-0.05, 0) is 131 Å². The molecule has 0 radical (unpaired) electrons. The number of aliphatic carboxylic acids is 1. The number of hydrogen-bond donors (Lipinski definition) is 1. The van der Waals surface area contributed by atoms with Crippen LogP contribution in [0.25, 0.3) is 59.0 Å². The molecule has 0 fully saturated rings. The van der Waals surface area contributed by atoms with E-state index in [4.69, 9.17) is 5.26 Å². The SMILES string of the molecule is Cc1cc(-c2ccc3c(c2)C(=O)c2cc(-c4cc(C)c(-c5ccc(N(c6ccccc6)c6ccccc6)cc5)s4)ccc2-3)sc1-c1ccc(/C=C(\C#N)C(=O)O)cc1. The number of thiophene rings is 2. The Bertz CT molecular complexity index is 2910. The van der Waals surface area contributed by atoms with Gasteiger partial charge in [0.25, 0.3) is 0 Å². The summed E-state index contributed by atoms with van der Waals surface area (Å²) in [6.45, 7) is 4.22. The summed E-state index contributed by atoms with van der Waals surface area (Å²) < 4.78 is 0. The number of carboxylic acid groups (broad SMARTS) is 1. The van der Waals surface area contributed by atoms with Gasteiger partial charge < -0.3 is 10.0 Å². The van der Waals surface area contributed by atoms with Gasteiger partial charge in [0, 0.05) is 47.7 Å². The molecular formula is C51H34N2O3S2. The highest BCUT2D eigenvalue weighted by atomic mass is 32.1. The van der Waals surface area contributed by atoms with Crippen LogP contribution in [0.2, 0.25) is 0 Å². The number of carbonyl (C=O) groups excluding carboxylic acids is 1. The Balaban J connectivity index is 0.959. The van der Waals surface area contributed by atoms with Crippen molar-refractivity contribution in [3.05, 3.63) is 191 Å². The normalized spacial score (nSPS) is 11.9. The fraction of sp³-hybridized carbons (Fsp3) is 0.0392. The summed E-state index contributed by atoms with van der Waals surface area (Å²) in [6, 6.07) is 55.6. The van der Waals surface area contributed by atoms with E-state index in [2.05, 4.69) is 134 Å². The van der Waals surface area contributed by atoms with E-state index in [1.165, 1.54) is 16.5 Å². The third kappa shape index (κ3) is 6.75. The minimum absolute atomic E-state index is 0.0365. The second-order valence-corrected chi connectivity index (χ2v) is 16.4. The van der Waals surface area contributed by atoms with Crippen LogP contribution in [-0.4, -0.2) is 16.9 Å². The van der Waals surface area contributed by atoms with Crippen LogP contribution in [0.15, 0.2) is 163 Å². The average Bonchev–Trinajstić information content (AvgIpc) is 3.93. The summed E-state index contributed by atoms with van der Waals surface area (Å²) in [4.78, 5) is 32.1. The van der Waals surface area contributed by atoms with Gasteiger partial charge in [-0.1, -0.05) is 97.1 Å². The minimum atomic E-state index is -1.25. The van der Waals surface area contributed by atoms with Gasteiger partial charge in [0.15, 0.2) is 5.78 Å². The number of rotatable bonds is 9. The predicted molar refractivity (Wildman–Crippen MR) is 238 cm³/mol. The van der Waals surface area contributed by atoms with Gasteiger partial charge in [-0.2, -0.15) is 5.26 Å². The lowest BCUT2D eigenvalue weighted by molar-refractivity contribution is -0.132. The van der Waals surface area contributed by atoms with Crippen LogP contribution >= 0.6 is 22.7 Å². The van der Waals surface area contributed by atoms with Crippen LogP contribution in [0.1, 0.15) is 32.6 Å². The largest absolute Gasteiger partial charge is 0.477 e. The number of carbonyl (C=O) groups is 2.